The molecule has 3 rings (SSSR count). The molecule has 0 saturated heterocycles. The van der Waals surface area contributed by atoms with Gasteiger partial charge >= 0.3 is 6.18 Å². The Labute approximate surface area is 110 Å². The average Bonchev–Trinajstić information content (AvgIpc) is 2.80. The zero-order valence-corrected chi connectivity index (χ0v) is 9.87. The van der Waals surface area contributed by atoms with Gasteiger partial charge in [-0.2, -0.15) is 13.2 Å². The summed E-state index contributed by atoms with van der Waals surface area (Å²) in [7, 11) is 0. The minimum Gasteiger partial charge on any atom is -0.337 e. The Bertz CT molecular complexity index is 777. The number of hydrogen-bond acceptors (Lipinski definition) is 2. The molecular weight excluding hydrogens is 274 g/mol. The highest BCUT2D eigenvalue weighted by Crippen LogP contribution is 2.31. The van der Waals surface area contributed by atoms with Gasteiger partial charge in [-0.05, 0) is 30.3 Å². The van der Waals surface area contributed by atoms with Crippen LogP contribution in [0.4, 0.5) is 17.6 Å². The van der Waals surface area contributed by atoms with Crippen LogP contribution in [0.3, 0.4) is 0 Å². The third-order valence-electron chi connectivity index (χ3n) is 2.79. The van der Waals surface area contributed by atoms with Gasteiger partial charge in [0.1, 0.15) is 5.69 Å². The number of alkyl halides is 3. The summed E-state index contributed by atoms with van der Waals surface area (Å²) in [6.45, 7) is 0. The van der Waals surface area contributed by atoms with E-state index in [1.54, 1.807) is 0 Å². The van der Waals surface area contributed by atoms with Crippen LogP contribution in [-0.2, 0) is 6.18 Å². The Kier molecular flexibility index (Phi) is 2.70. The van der Waals surface area contributed by atoms with Crippen molar-refractivity contribution < 1.29 is 17.6 Å². The van der Waals surface area contributed by atoms with Crippen LogP contribution in [0.1, 0.15) is 5.56 Å². The summed E-state index contributed by atoms with van der Waals surface area (Å²) in [5.41, 5.74) is -0.322. The van der Waals surface area contributed by atoms with Crippen molar-refractivity contribution in [3.05, 3.63) is 47.9 Å². The van der Waals surface area contributed by atoms with Crippen LogP contribution in [0.15, 0.2) is 36.5 Å². The molecule has 2 aromatic heterocycles. The molecule has 1 N–H and O–H groups in total. The largest absolute Gasteiger partial charge is 0.416 e. The van der Waals surface area contributed by atoms with E-state index in [-0.39, 0.29) is 17.0 Å². The van der Waals surface area contributed by atoms with Crippen LogP contribution in [0.5, 0.6) is 0 Å². The normalized spacial score (nSPS) is 12.0. The number of imidazole rings is 1. The summed E-state index contributed by atoms with van der Waals surface area (Å²) in [6.07, 6.45) is -3.05. The van der Waals surface area contributed by atoms with E-state index in [4.69, 9.17) is 0 Å². The van der Waals surface area contributed by atoms with Crippen molar-refractivity contribution in [2.24, 2.45) is 0 Å². The van der Waals surface area contributed by atoms with Gasteiger partial charge in [-0.1, -0.05) is 0 Å². The molecule has 3 aromatic rings. The number of nitrogens with zero attached hydrogens (tertiary/aromatic N) is 2. The maximum Gasteiger partial charge on any atom is 0.416 e. The SMILES string of the molecule is Fc1cccnc1-c1nc2ccc(C(F)(F)F)cc2[nH]1. The number of rotatable bonds is 1. The molecule has 0 amide bonds. The van der Waals surface area contributed by atoms with Crippen LogP contribution in [0.2, 0.25) is 0 Å². The Hall–Kier alpha value is -2.44. The summed E-state index contributed by atoms with van der Waals surface area (Å²) >= 11 is 0. The van der Waals surface area contributed by atoms with Crippen molar-refractivity contribution >= 4 is 11.0 Å². The van der Waals surface area contributed by atoms with Crippen molar-refractivity contribution in [1.82, 2.24) is 15.0 Å². The topological polar surface area (TPSA) is 41.6 Å². The Morgan fingerprint density at radius 3 is 2.60 bits per heavy atom. The predicted octanol–water partition coefficient (Wildman–Crippen LogP) is 3.78. The van der Waals surface area contributed by atoms with Gasteiger partial charge in [-0.15, -0.1) is 0 Å². The van der Waals surface area contributed by atoms with Gasteiger partial charge in [-0.25, -0.2) is 14.4 Å². The number of nitrogens with one attached hydrogen (secondary N) is 1. The molecule has 0 aliphatic heterocycles. The molecule has 102 valence electrons. The van der Waals surface area contributed by atoms with E-state index in [2.05, 4.69) is 15.0 Å². The molecule has 0 saturated carbocycles. The lowest BCUT2D eigenvalue weighted by molar-refractivity contribution is -0.137. The fraction of sp³-hybridized carbons (Fsp3) is 0.0769. The quantitative estimate of drug-likeness (QED) is 0.690. The van der Waals surface area contributed by atoms with Gasteiger partial charge in [0.2, 0.25) is 0 Å². The van der Waals surface area contributed by atoms with Gasteiger partial charge < -0.3 is 4.98 Å². The molecule has 0 aliphatic carbocycles. The number of fused-ring (bicyclic) bond motifs is 1. The van der Waals surface area contributed by atoms with E-state index in [1.165, 1.54) is 24.4 Å². The van der Waals surface area contributed by atoms with E-state index in [1.807, 2.05) is 0 Å². The highest BCUT2D eigenvalue weighted by molar-refractivity contribution is 5.79. The molecule has 0 aliphatic rings. The smallest absolute Gasteiger partial charge is 0.337 e. The second-order valence-electron chi connectivity index (χ2n) is 4.15. The second-order valence-corrected chi connectivity index (χ2v) is 4.15. The first-order valence-electron chi connectivity index (χ1n) is 5.63. The minimum absolute atomic E-state index is 0.0303. The Balaban J connectivity index is 2.14. The molecule has 0 bridgehead atoms. The number of aromatic nitrogens is 3. The van der Waals surface area contributed by atoms with E-state index in [0.29, 0.717) is 5.52 Å². The predicted molar refractivity (Wildman–Crippen MR) is 64.3 cm³/mol. The van der Waals surface area contributed by atoms with Crippen molar-refractivity contribution in [1.29, 1.82) is 0 Å². The summed E-state index contributed by atoms with van der Waals surface area (Å²) in [5, 5.41) is 0. The van der Waals surface area contributed by atoms with Crippen molar-refractivity contribution in [3.8, 4) is 11.5 Å². The fourth-order valence-electron chi connectivity index (χ4n) is 1.86. The van der Waals surface area contributed by atoms with Gasteiger partial charge in [0, 0.05) is 6.20 Å². The summed E-state index contributed by atoms with van der Waals surface area (Å²) in [4.78, 5) is 10.5. The van der Waals surface area contributed by atoms with Crippen molar-refractivity contribution in [2.75, 3.05) is 0 Å². The van der Waals surface area contributed by atoms with Crippen molar-refractivity contribution in [2.45, 2.75) is 6.18 Å². The monoisotopic (exact) mass is 281 g/mol. The zero-order valence-electron chi connectivity index (χ0n) is 9.87. The molecule has 0 fully saturated rings. The van der Waals surface area contributed by atoms with Crippen molar-refractivity contribution in [3.63, 3.8) is 0 Å². The van der Waals surface area contributed by atoms with E-state index in [9.17, 15) is 17.6 Å². The molecule has 20 heavy (non-hydrogen) atoms. The first kappa shape index (κ1) is 12.6. The lowest BCUT2D eigenvalue weighted by Gasteiger charge is -2.05. The van der Waals surface area contributed by atoms with Gasteiger partial charge in [0.15, 0.2) is 11.6 Å². The van der Waals surface area contributed by atoms with Crippen LogP contribution >= 0.6 is 0 Å². The van der Waals surface area contributed by atoms with Crippen LogP contribution in [-0.4, -0.2) is 15.0 Å². The molecule has 0 spiro atoms. The van der Waals surface area contributed by atoms with E-state index >= 15 is 0 Å². The standard InChI is InChI=1S/C13H7F4N3/c14-8-2-1-5-18-11(8)12-19-9-4-3-7(13(15,16)17)6-10(9)20-12/h1-6H,(H,19,20). The molecular formula is C13H7F4N3. The Morgan fingerprint density at radius 2 is 1.90 bits per heavy atom. The summed E-state index contributed by atoms with van der Waals surface area (Å²) < 4.78 is 51.4. The minimum atomic E-state index is -4.43. The number of halogens is 4. The maximum atomic E-state index is 13.6. The van der Waals surface area contributed by atoms with Gasteiger partial charge in [0.25, 0.3) is 0 Å². The number of H-pyrrole nitrogens is 1. The number of pyridine rings is 1. The average molecular weight is 281 g/mol. The molecule has 7 heteroatoms. The molecule has 1 aromatic carbocycles. The zero-order chi connectivity index (χ0) is 14.3. The second kappa shape index (κ2) is 4.29. The molecule has 2 heterocycles. The van der Waals surface area contributed by atoms with E-state index in [0.717, 1.165) is 12.1 Å². The molecule has 0 atom stereocenters. The summed E-state index contributed by atoms with van der Waals surface area (Å²) in [5.74, 6) is -0.500. The molecule has 3 nitrogen and oxygen atoms in total. The van der Waals surface area contributed by atoms with Crippen LogP contribution in [0, 0.1) is 5.82 Å². The van der Waals surface area contributed by atoms with Crippen LogP contribution < -0.4 is 0 Å². The highest BCUT2D eigenvalue weighted by atomic mass is 19.4. The fourth-order valence-corrected chi connectivity index (χ4v) is 1.86. The Morgan fingerprint density at radius 1 is 1.10 bits per heavy atom. The third-order valence-corrected chi connectivity index (χ3v) is 2.79. The maximum absolute atomic E-state index is 13.6. The molecule has 0 unspecified atom stereocenters. The van der Waals surface area contributed by atoms with Gasteiger partial charge in [-0.3, -0.25) is 0 Å². The number of benzene rings is 1. The van der Waals surface area contributed by atoms with E-state index < -0.39 is 17.6 Å². The lowest BCUT2D eigenvalue weighted by Crippen LogP contribution is -2.04. The highest BCUT2D eigenvalue weighted by Gasteiger charge is 2.30. The number of hydrogen-bond donors (Lipinski definition) is 1. The van der Waals surface area contributed by atoms with Gasteiger partial charge in [0.05, 0.1) is 16.6 Å². The number of aromatic amines is 1. The lowest BCUT2D eigenvalue weighted by atomic mass is 10.2. The third kappa shape index (κ3) is 2.11. The summed E-state index contributed by atoms with van der Waals surface area (Å²) in [6, 6.07) is 5.73. The first-order chi connectivity index (χ1) is 9.45. The molecule has 0 radical (unpaired) electrons. The first-order valence-corrected chi connectivity index (χ1v) is 5.63. The van der Waals surface area contributed by atoms with Crippen LogP contribution in [0.25, 0.3) is 22.6 Å².